The number of benzene rings is 1. The predicted octanol–water partition coefficient (Wildman–Crippen LogP) is 2.47. The fourth-order valence-electron chi connectivity index (χ4n) is 2.95. The van der Waals surface area contributed by atoms with E-state index < -0.39 is 0 Å². The molecule has 0 aliphatic carbocycles. The maximum absolute atomic E-state index is 5.40. The van der Waals surface area contributed by atoms with E-state index in [1.807, 2.05) is 6.07 Å². The van der Waals surface area contributed by atoms with E-state index in [2.05, 4.69) is 44.3 Å². The van der Waals surface area contributed by atoms with E-state index in [-0.39, 0.29) is 0 Å². The van der Waals surface area contributed by atoms with Gasteiger partial charge in [-0.1, -0.05) is 12.1 Å². The van der Waals surface area contributed by atoms with Crippen molar-refractivity contribution >= 4 is 16.6 Å². The van der Waals surface area contributed by atoms with Crippen LogP contribution < -0.4 is 9.64 Å². The summed E-state index contributed by atoms with van der Waals surface area (Å²) in [5.41, 5.74) is 4.03. The van der Waals surface area contributed by atoms with Gasteiger partial charge in [0.2, 0.25) is 5.88 Å². The summed E-state index contributed by atoms with van der Waals surface area (Å²) >= 11 is 0. The van der Waals surface area contributed by atoms with Crippen LogP contribution in [0.4, 0.5) is 5.69 Å². The highest BCUT2D eigenvalue weighted by Gasteiger charge is 2.15. The number of pyridine rings is 1. The number of fused-ring (bicyclic) bond motifs is 1. The Hall–Kier alpha value is -2.60. The second kappa shape index (κ2) is 5.89. The number of methoxy groups -OCH3 is 1. The van der Waals surface area contributed by atoms with Gasteiger partial charge in [-0.15, -0.1) is 0 Å². The molecule has 23 heavy (non-hydrogen) atoms. The molecule has 118 valence electrons. The molecule has 4 rings (SSSR count). The third-order valence-corrected chi connectivity index (χ3v) is 4.15. The molecular formula is C17H18N4O2. The van der Waals surface area contributed by atoms with Gasteiger partial charge in [-0.25, -0.2) is 4.98 Å². The Morgan fingerprint density at radius 2 is 1.91 bits per heavy atom. The van der Waals surface area contributed by atoms with E-state index in [4.69, 9.17) is 9.47 Å². The molecule has 1 N–H and O–H groups in total. The molecule has 0 saturated carbocycles. The highest BCUT2D eigenvalue weighted by Crippen LogP contribution is 2.32. The summed E-state index contributed by atoms with van der Waals surface area (Å²) in [7, 11) is 1.63. The molecule has 2 aromatic heterocycles. The molecule has 6 nitrogen and oxygen atoms in total. The Kier molecular flexibility index (Phi) is 3.59. The van der Waals surface area contributed by atoms with E-state index in [9.17, 15) is 0 Å². The van der Waals surface area contributed by atoms with Crippen LogP contribution in [0.2, 0.25) is 0 Å². The molecule has 0 atom stereocenters. The van der Waals surface area contributed by atoms with Gasteiger partial charge in [0.1, 0.15) is 5.69 Å². The molecule has 1 aromatic carbocycles. The van der Waals surface area contributed by atoms with Crippen LogP contribution in [0.5, 0.6) is 5.88 Å². The Balaban J connectivity index is 1.71. The number of ether oxygens (including phenoxy) is 2. The molecule has 6 heteroatoms. The highest BCUT2D eigenvalue weighted by molar-refractivity contribution is 5.96. The smallest absolute Gasteiger partial charge is 0.224 e. The first kappa shape index (κ1) is 14.0. The average Bonchev–Trinajstić information content (AvgIpc) is 3.07. The Labute approximate surface area is 134 Å². The van der Waals surface area contributed by atoms with Gasteiger partial charge in [-0.3, -0.25) is 5.10 Å². The third-order valence-electron chi connectivity index (χ3n) is 4.15. The second-order valence-electron chi connectivity index (χ2n) is 5.46. The van der Waals surface area contributed by atoms with Crippen molar-refractivity contribution in [3.05, 3.63) is 36.5 Å². The van der Waals surface area contributed by atoms with Crippen LogP contribution in [-0.4, -0.2) is 48.6 Å². The standard InChI is InChI=1S/C17H18N4O2/c1-22-17-15-14(6-7-18-17)19-20-16(15)12-2-4-13(5-3-12)21-8-10-23-11-9-21/h2-7H,8-11H2,1H3,(H,19,20). The largest absolute Gasteiger partial charge is 0.480 e. The molecule has 1 fully saturated rings. The monoisotopic (exact) mass is 310 g/mol. The van der Waals surface area contributed by atoms with Crippen LogP contribution in [0.3, 0.4) is 0 Å². The summed E-state index contributed by atoms with van der Waals surface area (Å²) in [6.07, 6.45) is 1.71. The molecule has 0 unspecified atom stereocenters. The molecule has 0 amide bonds. The summed E-state index contributed by atoms with van der Waals surface area (Å²) < 4.78 is 10.8. The average molecular weight is 310 g/mol. The zero-order chi connectivity index (χ0) is 15.6. The zero-order valence-corrected chi connectivity index (χ0v) is 13.0. The summed E-state index contributed by atoms with van der Waals surface area (Å²) in [4.78, 5) is 6.60. The first-order valence-corrected chi connectivity index (χ1v) is 7.67. The minimum absolute atomic E-state index is 0.587. The Morgan fingerprint density at radius 3 is 2.65 bits per heavy atom. The zero-order valence-electron chi connectivity index (χ0n) is 13.0. The predicted molar refractivity (Wildman–Crippen MR) is 88.9 cm³/mol. The number of nitrogens with zero attached hydrogens (tertiary/aromatic N) is 3. The lowest BCUT2D eigenvalue weighted by molar-refractivity contribution is 0.122. The van der Waals surface area contributed by atoms with Gasteiger partial charge < -0.3 is 14.4 Å². The molecule has 0 bridgehead atoms. The van der Waals surface area contributed by atoms with Crippen molar-refractivity contribution in [1.29, 1.82) is 0 Å². The van der Waals surface area contributed by atoms with Crippen LogP contribution in [0.15, 0.2) is 36.5 Å². The molecule has 0 radical (unpaired) electrons. The molecule has 1 saturated heterocycles. The van der Waals surface area contributed by atoms with Crippen molar-refractivity contribution in [3.8, 4) is 17.1 Å². The van der Waals surface area contributed by atoms with E-state index in [1.54, 1.807) is 13.3 Å². The Morgan fingerprint density at radius 1 is 1.13 bits per heavy atom. The normalized spacial score (nSPS) is 15.1. The molecule has 1 aliphatic heterocycles. The van der Waals surface area contributed by atoms with Gasteiger partial charge in [0.05, 0.1) is 31.2 Å². The number of aromatic nitrogens is 3. The maximum atomic E-state index is 5.40. The summed E-state index contributed by atoms with van der Waals surface area (Å²) in [5, 5.41) is 8.39. The first-order valence-electron chi connectivity index (χ1n) is 7.67. The summed E-state index contributed by atoms with van der Waals surface area (Å²) in [5.74, 6) is 0.587. The fourth-order valence-corrected chi connectivity index (χ4v) is 2.95. The first-order chi connectivity index (χ1) is 11.4. The van der Waals surface area contributed by atoms with E-state index in [1.165, 1.54) is 5.69 Å². The topological polar surface area (TPSA) is 63.3 Å². The van der Waals surface area contributed by atoms with Crippen molar-refractivity contribution in [2.24, 2.45) is 0 Å². The second-order valence-corrected chi connectivity index (χ2v) is 5.46. The number of morpholine rings is 1. The van der Waals surface area contributed by atoms with Gasteiger partial charge in [0, 0.05) is 30.5 Å². The van der Waals surface area contributed by atoms with Gasteiger partial charge in [0.15, 0.2) is 0 Å². The van der Waals surface area contributed by atoms with Crippen molar-refractivity contribution in [2.75, 3.05) is 38.3 Å². The van der Waals surface area contributed by atoms with Gasteiger partial charge in [-0.2, -0.15) is 5.10 Å². The number of hydrogen-bond acceptors (Lipinski definition) is 5. The lowest BCUT2D eigenvalue weighted by Crippen LogP contribution is -2.36. The van der Waals surface area contributed by atoms with Gasteiger partial charge >= 0.3 is 0 Å². The van der Waals surface area contributed by atoms with Crippen molar-refractivity contribution in [3.63, 3.8) is 0 Å². The molecular weight excluding hydrogens is 292 g/mol. The minimum atomic E-state index is 0.587. The number of nitrogens with one attached hydrogen (secondary N) is 1. The lowest BCUT2D eigenvalue weighted by atomic mass is 10.1. The van der Waals surface area contributed by atoms with Crippen LogP contribution >= 0.6 is 0 Å². The fraction of sp³-hybridized carbons (Fsp3) is 0.294. The number of aromatic amines is 1. The highest BCUT2D eigenvalue weighted by atomic mass is 16.5. The van der Waals surface area contributed by atoms with Crippen LogP contribution in [0.25, 0.3) is 22.2 Å². The van der Waals surface area contributed by atoms with Crippen LogP contribution in [0, 0.1) is 0 Å². The maximum Gasteiger partial charge on any atom is 0.224 e. The van der Waals surface area contributed by atoms with E-state index in [0.29, 0.717) is 5.88 Å². The van der Waals surface area contributed by atoms with Gasteiger partial charge in [-0.05, 0) is 18.2 Å². The SMILES string of the molecule is COc1nccc2[nH]nc(-c3ccc(N4CCOCC4)cc3)c12. The number of anilines is 1. The van der Waals surface area contributed by atoms with Crippen LogP contribution in [-0.2, 0) is 4.74 Å². The molecule has 1 aliphatic rings. The summed E-state index contributed by atoms with van der Waals surface area (Å²) in [6.45, 7) is 3.44. The number of rotatable bonds is 3. The molecule has 3 aromatic rings. The summed E-state index contributed by atoms with van der Waals surface area (Å²) in [6, 6.07) is 10.3. The lowest BCUT2D eigenvalue weighted by Gasteiger charge is -2.28. The van der Waals surface area contributed by atoms with E-state index >= 15 is 0 Å². The molecule has 3 heterocycles. The third kappa shape index (κ3) is 2.51. The minimum Gasteiger partial charge on any atom is -0.480 e. The van der Waals surface area contributed by atoms with Crippen molar-refractivity contribution < 1.29 is 9.47 Å². The number of H-pyrrole nitrogens is 1. The van der Waals surface area contributed by atoms with Crippen molar-refractivity contribution in [1.82, 2.24) is 15.2 Å². The Bertz CT molecular complexity index is 807. The van der Waals surface area contributed by atoms with Gasteiger partial charge in [0.25, 0.3) is 0 Å². The number of hydrogen-bond donors (Lipinski definition) is 1. The molecule has 0 spiro atoms. The van der Waals surface area contributed by atoms with Crippen LogP contribution in [0.1, 0.15) is 0 Å². The quantitative estimate of drug-likeness (QED) is 0.805. The van der Waals surface area contributed by atoms with E-state index in [0.717, 1.165) is 48.5 Å². The van der Waals surface area contributed by atoms with Crippen molar-refractivity contribution in [2.45, 2.75) is 0 Å².